The van der Waals surface area contributed by atoms with Crippen LogP contribution in [-0.2, 0) is 11.2 Å². The van der Waals surface area contributed by atoms with Gasteiger partial charge in [-0.05, 0) is 61.2 Å². The number of hydrogen-bond donors (Lipinski definition) is 1. The van der Waals surface area contributed by atoms with Crippen LogP contribution in [0.1, 0.15) is 44.7 Å². The van der Waals surface area contributed by atoms with Crippen LogP contribution in [0.4, 0.5) is 5.69 Å². The topological polar surface area (TPSA) is 47.6 Å². The van der Waals surface area contributed by atoms with Crippen molar-refractivity contribution in [1.29, 1.82) is 0 Å². The third-order valence-corrected chi connectivity index (χ3v) is 4.08. The molecule has 0 unspecified atom stereocenters. The van der Waals surface area contributed by atoms with Crippen molar-refractivity contribution in [2.75, 3.05) is 18.5 Å². The Kier molecular flexibility index (Phi) is 8.43. The fourth-order valence-electron chi connectivity index (χ4n) is 2.52. The van der Waals surface area contributed by atoms with Crippen LogP contribution in [0.3, 0.4) is 0 Å². The molecule has 1 N–H and O–H groups in total. The summed E-state index contributed by atoms with van der Waals surface area (Å²) in [6.45, 7) is 7.41. The standard InChI is InChI=1S/C23H29NO3/c1-4-7-16-27-21-14-10-19(17-22(21)26-6-3)11-15-23(25)24-20-12-8-18(5-2)9-13-20/h8-15,17H,4-7,16H2,1-3H3,(H,24,25)/b15-11+. The van der Waals surface area contributed by atoms with E-state index in [1.807, 2.05) is 49.4 Å². The lowest BCUT2D eigenvalue weighted by atomic mass is 10.1. The number of carbonyl (C=O) groups excluding carboxylic acids is 1. The minimum absolute atomic E-state index is 0.166. The van der Waals surface area contributed by atoms with Gasteiger partial charge in [0.1, 0.15) is 0 Å². The highest BCUT2D eigenvalue weighted by Crippen LogP contribution is 2.29. The first-order valence-electron chi connectivity index (χ1n) is 9.63. The molecule has 0 aromatic heterocycles. The lowest BCUT2D eigenvalue weighted by Crippen LogP contribution is -2.07. The molecule has 2 aromatic rings. The Morgan fingerprint density at radius 1 is 1.00 bits per heavy atom. The molecule has 4 heteroatoms. The van der Waals surface area contributed by atoms with E-state index in [1.54, 1.807) is 6.08 Å². The Labute approximate surface area is 162 Å². The average molecular weight is 367 g/mol. The zero-order chi connectivity index (χ0) is 19.5. The first-order valence-corrected chi connectivity index (χ1v) is 9.63. The highest BCUT2D eigenvalue weighted by atomic mass is 16.5. The number of aryl methyl sites for hydroxylation is 1. The Balaban J connectivity index is 2.01. The molecule has 0 saturated carbocycles. The maximum Gasteiger partial charge on any atom is 0.248 e. The summed E-state index contributed by atoms with van der Waals surface area (Å²) in [5, 5.41) is 2.87. The average Bonchev–Trinajstić information content (AvgIpc) is 2.69. The van der Waals surface area contributed by atoms with Gasteiger partial charge in [0.25, 0.3) is 0 Å². The molecule has 0 aliphatic rings. The Morgan fingerprint density at radius 3 is 2.44 bits per heavy atom. The molecule has 0 spiro atoms. The predicted octanol–water partition coefficient (Wildman–Crippen LogP) is 5.48. The molecule has 0 heterocycles. The van der Waals surface area contributed by atoms with Crippen molar-refractivity contribution in [3.63, 3.8) is 0 Å². The molecule has 27 heavy (non-hydrogen) atoms. The molecule has 1 amide bonds. The second kappa shape index (κ2) is 11.1. The van der Waals surface area contributed by atoms with E-state index in [-0.39, 0.29) is 5.91 Å². The molecule has 0 bridgehead atoms. The van der Waals surface area contributed by atoms with Crippen LogP contribution in [-0.4, -0.2) is 19.1 Å². The first kappa shape index (κ1) is 20.6. The molecule has 0 aliphatic heterocycles. The van der Waals surface area contributed by atoms with Gasteiger partial charge in [-0.1, -0.05) is 38.5 Å². The minimum atomic E-state index is -0.166. The highest BCUT2D eigenvalue weighted by Gasteiger charge is 2.06. The van der Waals surface area contributed by atoms with E-state index >= 15 is 0 Å². The molecule has 144 valence electrons. The Bertz CT molecular complexity index is 751. The summed E-state index contributed by atoms with van der Waals surface area (Å²) in [6.07, 6.45) is 6.37. The van der Waals surface area contributed by atoms with Gasteiger partial charge in [0.2, 0.25) is 5.91 Å². The zero-order valence-corrected chi connectivity index (χ0v) is 16.5. The molecule has 0 aliphatic carbocycles. The van der Waals surface area contributed by atoms with Crippen molar-refractivity contribution >= 4 is 17.7 Å². The van der Waals surface area contributed by atoms with E-state index in [0.29, 0.717) is 19.0 Å². The number of rotatable bonds is 10. The van der Waals surface area contributed by atoms with Gasteiger partial charge >= 0.3 is 0 Å². The molecule has 2 rings (SSSR count). The molecule has 0 saturated heterocycles. The molecule has 0 atom stereocenters. The van der Waals surface area contributed by atoms with E-state index in [9.17, 15) is 4.79 Å². The lowest BCUT2D eigenvalue weighted by molar-refractivity contribution is -0.111. The maximum atomic E-state index is 12.1. The first-order chi connectivity index (χ1) is 13.2. The minimum Gasteiger partial charge on any atom is -0.490 e. The monoisotopic (exact) mass is 367 g/mol. The molecular weight excluding hydrogens is 338 g/mol. The number of ether oxygens (including phenoxy) is 2. The van der Waals surface area contributed by atoms with E-state index in [1.165, 1.54) is 11.6 Å². The van der Waals surface area contributed by atoms with Gasteiger partial charge in [-0.2, -0.15) is 0 Å². The van der Waals surface area contributed by atoms with Crippen LogP contribution in [0.15, 0.2) is 48.5 Å². The van der Waals surface area contributed by atoms with Crippen LogP contribution in [0.25, 0.3) is 6.08 Å². The summed E-state index contributed by atoms with van der Waals surface area (Å²) < 4.78 is 11.5. The van der Waals surface area contributed by atoms with Crippen LogP contribution in [0.5, 0.6) is 11.5 Å². The maximum absolute atomic E-state index is 12.1. The van der Waals surface area contributed by atoms with E-state index < -0.39 is 0 Å². The van der Waals surface area contributed by atoms with E-state index in [2.05, 4.69) is 19.2 Å². The van der Waals surface area contributed by atoms with Gasteiger partial charge in [0, 0.05) is 11.8 Å². The van der Waals surface area contributed by atoms with E-state index in [0.717, 1.165) is 36.3 Å². The molecule has 2 aromatic carbocycles. The largest absolute Gasteiger partial charge is 0.490 e. The number of nitrogens with one attached hydrogen (secondary N) is 1. The van der Waals surface area contributed by atoms with Gasteiger partial charge in [-0.3, -0.25) is 4.79 Å². The summed E-state index contributed by atoms with van der Waals surface area (Å²) in [6, 6.07) is 13.6. The fraction of sp³-hybridized carbons (Fsp3) is 0.348. The molecule has 0 radical (unpaired) electrons. The van der Waals surface area contributed by atoms with Crippen LogP contribution in [0, 0.1) is 0 Å². The molecule has 0 fully saturated rings. The van der Waals surface area contributed by atoms with Crippen LogP contribution in [0.2, 0.25) is 0 Å². The number of anilines is 1. The number of hydrogen-bond acceptors (Lipinski definition) is 3. The van der Waals surface area contributed by atoms with Crippen molar-refractivity contribution in [3.05, 3.63) is 59.7 Å². The number of benzene rings is 2. The number of amides is 1. The van der Waals surface area contributed by atoms with E-state index in [4.69, 9.17) is 9.47 Å². The second-order valence-electron chi connectivity index (χ2n) is 6.21. The van der Waals surface area contributed by atoms with Crippen molar-refractivity contribution in [1.82, 2.24) is 0 Å². The van der Waals surface area contributed by atoms with Crippen molar-refractivity contribution in [3.8, 4) is 11.5 Å². The second-order valence-corrected chi connectivity index (χ2v) is 6.21. The predicted molar refractivity (Wildman–Crippen MR) is 111 cm³/mol. The summed E-state index contributed by atoms with van der Waals surface area (Å²) in [5.41, 5.74) is 2.92. The SMILES string of the molecule is CCCCOc1ccc(/C=C/C(=O)Nc2ccc(CC)cc2)cc1OCC. The number of unbranched alkanes of at least 4 members (excludes halogenated alkanes) is 1. The highest BCUT2D eigenvalue weighted by molar-refractivity contribution is 6.01. The van der Waals surface area contributed by atoms with Crippen molar-refractivity contribution < 1.29 is 14.3 Å². The zero-order valence-electron chi connectivity index (χ0n) is 16.5. The normalized spacial score (nSPS) is 10.8. The van der Waals surface area contributed by atoms with Gasteiger partial charge in [-0.25, -0.2) is 0 Å². The third-order valence-electron chi connectivity index (χ3n) is 4.08. The van der Waals surface area contributed by atoms with Crippen molar-refractivity contribution in [2.24, 2.45) is 0 Å². The molecular formula is C23H29NO3. The quantitative estimate of drug-likeness (QED) is 0.447. The lowest BCUT2D eigenvalue weighted by Gasteiger charge is -2.12. The van der Waals surface area contributed by atoms with Gasteiger partial charge in [0.05, 0.1) is 13.2 Å². The van der Waals surface area contributed by atoms with Gasteiger partial charge < -0.3 is 14.8 Å². The van der Waals surface area contributed by atoms with Crippen LogP contribution >= 0.6 is 0 Å². The summed E-state index contributed by atoms with van der Waals surface area (Å²) in [5.74, 6) is 1.27. The smallest absolute Gasteiger partial charge is 0.248 e. The van der Waals surface area contributed by atoms with Gasteiger partial charge in [-0.15, -0.1) is 0 Å². The summed E-state index contributed by atoms with van der Waals surface area (Å²) >= 11 is 0. The summed E-state index contributed by atoms with van der Waals surface area (Å²) in [7, 11) is 0. The van der Waals surface area contributed by atoms with Gasteiger partial charge in [0.15, 0.2) is 11.5 Å². The number of carbonyl (C=O) groups is 1. The Hall–Kier alpha value is -2.75. The third kappa shape index (κ3) is 6.81. The van der Waals surface area contributed by atoms with Crippen LogP contribution < -0.4 is 14.8 Å². The Morgan fingerprint density at radius 2 is 1.78 bits per heavy atom. The van der Waals surface area contributed by atoms with Crippen molar-refractivity contribution in [2.45, 2.75) is 40.0 Å². The molecule has 4 nitrogen and oxygen atoms in total. The summed E-state index contributed by atoms with van der Waals surface area (Å²) in [4.78, 5) is 12.1. The fourth-order valence-corrected chi connectivity index (χ4v) is 2.52.